The minimum atomic E-state index is 0.560. The van der Waals surface area contributed by atoms with Crippen LogP contribution in [0.4, 0.5) is 0 Å². The number of fused-ring (bicyclic) bond motifs is 1. The molecule has 2 aliphatic rings. The molecule has 1 fully saturated rings. The lowest BCUT2D eigenvalue weighted by Crippen LogP contribution is -2.26. The molecule has 1 unspecified atom stereocenters. The monoisotopic (exact) mass is 142 g/mol. The van der Waals surface area contributed by atoms with E-state index in [4.69, 9.17) is 0 Å². The Hall–Kier alpha value is -0.150. The van der Waals surface area contributed by atoms with Crippen LogP contribution in [-0.2, 0) is 0 Å². The lowest BCUT2D eigenvalue weighted by Gasteiger charge is -2.17. The molecular formula is C6H10N2S. The summed E-state index contributed by atoms with van der Waals surface area (Å²) in [5.74, 6) is 0. The third-order valence-electron chi connectivity index (χ3n) is 1.78. The zero-order valence-corrected chi connectivity index (χ0v) is 6.24. The van der Waals surface area contributed by atoms with E-state index in [1.54, 1.807) is 0 Å². The van der Waals surface area contributed by atoms with Gasteiger partial charge in [-0.25, -0.2) is 0 Å². The van der Waals surface area contributed by atoms with Crippen molar-refractivity contribution in [3.63, 3.8) is 0 Å². The number of hydrogen-bond acceptors (Lipinski definition) is 3. The van der Waals surface area contributed by atoms with Gasteiger partial charge in [-0.15, -0.1) is 0 Å². The maximum absolute atomic E-state index is 3.39. The average Bonchev–Trinajstić information content (AvgIpc) is 2.35. The van der Waals surface area contributed by atoms with Crippen LogP contribution in [0.2, 0.25) is 0 Å². The van der Waals surface area contributed by atoms with E-state index in [1.807, 2.05) is 11.8 Å². The van der Waals surface area contributed by atoms with Crippen LogP contribution in [0, 0.1) is 0 Å². The summed E-state index contributed by atoms with van der Waals surface area (Å²) >= 11 is 1.87. The van der Waals surface area contributed by atoms with Gasteiger partial charge in [0.1, 0.15) is 5.50 Å². The Morgan fingerprint density at radius 1 is 1.89 bits per heavy atom. The first-order chi connectivity index (χ1) is 4.38. The van der Waals surface area contributed by atoms with Crippen LogP contribution >= 0.6 is 11.8 Å². The first-order valence-corrected chi connectivity index (χ1v) is 4.14. The molecule has 1 atom stereocenters. The van der Waals surface area contributed by atoms with Crippen LogP contribution in [0.15, 0.2) is 11.1 Å². The predicted molar refractivity (Wildman–Crippen MR) is 39.8 cm³/mol. The molecule has 0 saturated carbocycles. The summed E-state index contributed by atoms with van der Waals surface area (Å²) in [5.41, 5.74) is 1.97. The second-order valence-electron chi connectivity index (χ2n) is 2.40. The molecule has 2 heterocycles. The zero-order valence-electron chi connectivity index (χ0n) is 5.42. The van der Waals surface area contributed by atoms with E-state index >= 15 is 0 Å². The van der Waals surface area contributed by atoms with Gasteiger partial charge in [0.25, 0.3) is 0 Å². The van der Waals surface area contributed by atoms with Gasteiger partial charge in [-0.2, -0.15) is 0 Å². The Bertz CT molecular complexity index is 155. The Kier molecular flexibility index (Phi) is 1.20. The number of thioether (sulfide) groups is 1. The van der Waals surface area contributed by atoms with Crippen LogP contribution in [0.3, 0.4) is 0 Å². The van der Waals surface area contributed by atoms with Gasteiger partial charge < -0.3 is 4.90 Å². The van der Waals surface area contributed by atoms with Crippen molar-refractivity contribution in [1.82, 2.24) is 10.2 Å². The van der Waals surface area contributed by atoms with Gasteiger partial charge in [0.15, 0.2) is 0 Å². The Labute approximate surface area is 59.3 Å². The molecule has 0 aromatic heterocycles. The lowest BCUT2D eigenvalue weighted by atomic mass is 10.5. The highest BCUT2D eigenvalue weighted by Gasteiger charge is 2.27. The van der Waals surface area contributed by atoms with Crippen LogP contribution < -0.4 is 5.32 Å². The Morgan fingerprint density at radius 2 is 2.78 bits per heavy atom. The number of allylic oxidation sites excluding steroid dienone is 1. The van der Waals surface area contributed by atoms with Crippen molar-refractivity contribution in [3.05, 3.63) is 11.1 Å². The highest BCUT2D eigenvalue weighted by molar-refractivity contribution is 8.02. The summed E-state index contributed by atoms with van der Waals surface area (Å²) in [7, 11) is 0. The first kappa shape index (κ1) is 5.62. The molecule has 0 aliphatic carbocycles. The van der Waals surface area contributed by atoms with E-state index in [0.29, 0.717) is 5.50 Å². The molecule has 0 amide bonds. The minimum Gasteiger partial charge on any atom is -0.349 e. The molecule has 3 heteroatoms. The summed E-state index contributed by atoms with van der Waals surface area (Å²) < 4.78 is 0. The standard InChI is InChI=1S/C6H10N2S/c1-5-4-9-6-7-2-3-8(5)6/h4,6-7H,2-3H2,1H3. The molecule has 2 aliphatic heterocycles. The number of nitrogens with zero attached hydrogens (tertiary/aromatic N) is 1. The van der Waals surface area contributed by atoms with Gasteiger partial charge in [0, 0.05) is 18.8 Å². The number of nitrogens with one attached hydrogen (secondary N) is 1. The summed E-state index contributed by atoms with van der Waals surface area (Å²) in [6, 6.07) is 0. The molecule has 1 N–H and O–H groups in total. The van der Waals surface area contributed by atoms with Crippen LogP contribution in [0.1, 0.15) is 6.92 Å². The number of hydrogen-bond donors (Lipinski definition) is 1. The van der Waals surface area contributed by atoms with E-state index in [1.165, 1.54) is 12.2 Å². The van der Waals surface area contributed by atoms with Crippen LogP contribution in [-0.4, -0.2) is 23.5 Å². The second kappa shape index (κ2) is 1.92. The molecule has 9 heavy (non-hydrogen) atoms. The van der Waals surface area contributed by atoms with Crippen molar-refractivity contribution in [2.75, 3.05) is 13.1 Å². The third-order valence-corrected chi connectivity index (χ3v) is 2.93. The van der Waals surface area contributed by atoms with Crippen molar-refractivity contribution in [3.8, 4) is 0 Å². The predicted octanol–water partition coefficient (Wildman–Crippen LogP) is 0.783. The van der Waals surface area contributed by atoms with E-state index in [9.17, 15) is 0 Å². The fraction of sp³-hybridized carbons (Fsp3) is 0.667. The zero-order chi connectivity index (χ0) is 6.27. The van der Waals surface area contributed by atoms with Crippen LogP contribution in [0.5, 0.6) is 0 Å². The quantitative estimate of drug-likeness (QED) is 0.538. The minimum absolute atomic E-state index is 0.560. The molecule has 0 aromatic rings. The Balaban J connectivity index is 2.16. The Morgan fingerprint density at radius 3 is 3.56 bits per heavy atom. The van der Waals surface area contributed by atoms with Gasteiger partial charge in [0.2, 0.25) is 0 Å². The molecule has 2 nitrogen and oxygen atoms in total. The highest BCUT2D eigenvalue weighted by Crippen LogP contribution is 2.30. The van der Waals surface area contributed by atoms with E-state index in [0.717, 1.165) is 6.54 Å². The first-order valence-electron chi connectivity index (χ1n) is 3.20. The van der Waals surface area contributed by atoms with E-state index < -0.39 is 0 Å². The SMILES string of the molecule is CC1=CSC2NCCN12. The smallest absolute Gasteiger partial charge is 0.132 e. The van der Waals surface area contributed by atoms with Crippen molar-refractivity contribution in [2.24, 2.45) is 0 Å². The number of rotatable bonds is 0. The maximum Gasteiger partial charge on any atom is 0.132 e. The fourth-order valence-electron chi connectivity index (χ4n) is 1.25. The largest absolute Gasteiger partial charge is 0.349 e. The molecular weight excluding hydrogens is 132 g/mol. The third kappa shape index (κ3) is 0.756. The highest BCUT2D eigenvalue weighted by atomic mass is 32.2. The van der Waals surface area contributed by atoms with Gasteiger partial charge in [-0.3, -0.25) is 5.32 Å². The van der Waals surface area contributed by atoms with Gasteiger partial charge in [0.05, 0.1) is 0 Å². The fourth-order valence-corrected chi connectivity index (χ4v) is 2.34. The van der Waals surface area contributed by atoms with Crippen LogP contribution in [0.25, 0.3) is 0 Å². The maximum atomic E-state index is 3.39. The molecule has 2 rings (SSSR count). The molecule has 0 aromatic carbocycles. The lowest BCUT2D eigenvalue weighted by molar-refractivity contribution is 0.402. The molecule has 0 radical (unpaired) electrons. The van der Waals surface area contributed by atoms with Crippen molar-refractivity contribution >= 4 is 11.8 Å². The van der Waals surface area contributed by atoms with Crippen molar-refractivity contribution in [1.29, 1.82) is 0 Å². The van der Waals surface area contributed by atoms with Gasteiger partial charge in [-0.1, -0.05) is 11.8 Å². The van der Waals surface area contributed by atoms with E-state index in [2.05, 4.69) is 22.5 Å². The summed E-state index contributed by atoms with van der Waals surface area (Å²) in [4.78, 5) is 2.39. The van der Waals surface area contributed by atoms with Crippen molar-refractivity contribution < 1.29 is 0 Å². The summed E-state index contributed by atoms with van der Waals surface area (Å²) in [5, 5.41) is 5.60. The summed E-state index contributed by atoms with van der Waals surface area (Å²) in [6.45, 7) is 4.49. The molecule has 50 valence electrons. The molecule has 0 spiro atoms. The molecule has 1 saturated heterocycles. The summed E-state index contributed by atoms with van der Waals surface area (Å²) in [6.07, 6.45) is 0. The normalized spacial score (nSPS) is 32.8. The van der Waals surface area contributed by atoms with Gasteiger partial charge in [-0.05, 0) is 12.3 Å². The molecule has 0 bridgehead atoms. The second-order valence-corrected chi connectivity index (χ2v) is 3.35. The van der Waals surface area contributed by atoms with Crippen molar-refractivity contribution in [2.45, 2.75) is 12.4 Å². The average molecular weight is 142 g/mol. The van der Waals surface area contributed by atoms with Gasteiger partial charge >= 0.3 is 0 Å². The topological polar surface area (TPSA) is 15.3 Å². The van der Waals surface area contributed by atoms with E-state index in [-0.39, 0.29) is 0 Å².